The number of halogens is 2. The molecule has 10 heteroatoms. The van der Waals surface area contributed by atoms with Gasteiger partial charge in [-0.2, -0.15) is 0 Å². The minimum Gasteiger partial charge on any atom is -0.364 e. The topological polar surface area (TPSA) is 93.2 Å². The Morgan fingerprint density at radius 3 is 2.60 bits per heavy atom. The highest BCUT2D eigenvalue weighted by atomic mass is 35.5. The van der Waals surface area contributed by atoms with Gasteiger partial charge in [0.1, 0.15) is 18.2 Å². The first kappa shape index (κ1) is 22.2. The molecule has 30 heavy (non-hydrogen) atoms. The van der Waals surface area contributed by atoms with Crippen LogP contribution in [-0.2, 0) is 22.6 Å². The molecular weight excluding hydrogens is 447 g/mol. The third-order valence-corrected chi connectivity index (χ3v) is 5.23. The van der Waals surface area contributed by atoms with Crippen LogP contribution in [0, 0.1) is 0 Å². The molecule has 2 aromatic carbocycles. The number of aromatic nitrogens is 2. The van der Waals surface area contributed by atoms with Gasteiger partial charge in [0.25, 0.3) is 5.91 Å². The van der Waals surface area contributed by atoms with Crippen molar-refractivity contribution in [3.8, 4) is 0 Å². The standard InChI is InChI=1S/C20H18Cl2N4O3S/c21-14-6-4-13(5-7-14)8-9-23-17(27)11-29-12-18-25-26-20(30-18)19(28)24-16-3-1-2-15(22)10-16/h1-7,10H,8-9,11-12H2,(H,23,27)(H,24,28). The van der Waals surface area contributed by atoms with Gasteiger partial charge in [-0.25, -0.2) is 0 Å². The summed E-state index contributed by atoms with van der Waals surface area (Å²) >= 11 is 12.8. The first-order valence-corrected chi connectivity index (χ1v) is 10.5. The van der Waals surface area contributed by atoms with E-state index in [1.807, 2.05) is 24.3 Å². The lowest BCUT2D eigenvalue weighted by molar-refractivity contribution is -0.126. The molecule has 0 spiro atoms. The predicted octanol–water partition coefficient (Wildman–Crippen LogP) is 3.97. The zero-order valence-corrected chi connectivity index (χ0v) is 18.1. The van der Waals surface area contributed by atoms with Gasteiger partial charge >= 0.3 is 0 Å². The molecule has 2 amide bonds. The number of benzene rings is 2. The molecule has 2 N–H and O–H groups in total. The van der Waals surface area contributed by atoms with Gasteiger partial charge in [0.05, 0.1) is 0 Å². The Morgan fingerprint density at radius 1 is 1.03 bits per heavy atom. The zero-order chi connectivity index (χ0) is 21.3. The highest BCUT2D eigenvalue weighted by molar-refractivity contribution is 7.13. The summed E-state index contributed by atoms with van der Waals surface area (Å²) in [4.78, 5) is 24.1. The SMILES string of the molecule is O=C(COCc1nnc(C(=O)Nc2cccc(Cl)c2)s1)NCCc1ccc(Cl)cc1. The Kier molecular flexibility index (Phi) is 8.15. The predicted molar refractivity (Wildman–Crippen MR) is 117 cm³/mol. The van der Waals surface area contributed by atoms with Crippen molar-refractivity contribution in [3.63, 3.8) is 0 Å². The van der Waals surface area contributed by atoms with Gasteiger partial charge in [-0.1, -0.05) is 52.7 Å². The van der Waals surface area contributed by atoms with Gasteiger partial charge in [0, 0.05) is 22.3 Å². The minimum absolute atomic E-state index is 0.0900. The molecule has 3 rings (SSSR count). The number of hydrogen-bond donors (Lipinski definition) is 2. The molecular formula is C20H18Cl2N4O3S. The van der Waals surface area contributed by atoms with Crippen LogP contribution in [0.4, 0.5) is 5.69 Å². The van der Waals surface area contributed by atoms with Crippen LogP contribution in [-0.4, -0.2) is 35.2 Å². The smallest absolute Gasteiger partial charge is 0.286 e. The summed E-state index contributed by atoms with van der Waals surface area (Å²) < 4.78 is 5.36. The van der Waals surface area contributed by atoms with E-state index in [2.05, 4.69) is 20.8 Å². The summed E-state index contributed by atoms with van der Waals surface area (Å²) in [6.45, 7) is 0.480. The molecule has 7 nitrogen and oxygen atoms in total. The average molecular weight is 465 g/mol. The van der Waals surface area contributed by atoms with E-state index in [0.717, 1.165) is 16.9 Å². The number of carbonyl (C=O) groups is 2. The fourth-order valence-electron chi connectivity index (χ4n) is 2.43. The molecule has 1 heterocycles. The van der Waals surface area contributed by atoms with E-state index in [1.165, 1.54) is 0 Å². The van der Waals surface area contributed by atoms with Crippen LogP contribution < -0.4 is 10.6 Å². The van der Waals surface area contributed by atoms with Gasteiger partial charge in [-0.05, 0) is 42.3 Å². The van der Waals surface area contributed by atoms with E-state index in [-0.39, 0.29) is 30.0 Å². The maximum absolute atomic E-state index is 12.2. The molecule has 0 aliphatic heterocycles. The first-order chi connectivity index (χ1) is 14.5. The molecule has 0 aliphatic carbocycles. The molecule has 0 atom stereocenters. The van der Waals surface area contributed by atoms with Gasteiger partial charge in [-0.15, -0.1) is 10.2 Å². The Labute approximate surface area is 187 Å². The number of rotatable bonds is 9. The van der Waals surface area contributed by atoms with E-state index in [0.29, 0.717) is 33.7 Å². The Morgan fingerprint density at radius 2 is 1.83 bits per heavy atom. The van der Waals surface area contributed by atoms with Crippen molar-refractivity contribution in [2.24, 2.45) is 0 Å². The van der Waals surface area contributed by atoms with E-state index < -0.39 is 0 Å². The maximum atomic E-state index is 12.2. The summed E-state index contributed by atoms with van der Waals surface area (Å²) in [6.07, 6.45) is 0.699. The number of carbonyl (C=O) groups excluding carboxylic acids is 2. The van der Waals surface area contributed by atoms with Crippen molar-refractivity contribution in [3.05, 3.63) is 74.2 Å². The monoisotopic (exact) mass is 464 g/mol. The molecule has 0 aliphatic rings. The normalized spacial score (nSPS) is 10.6. The third-order valence-electron chi connectivity index (χ3n) is 3.85. The van der Waals surface area contributed by atoms with Crippen LogP contribution in [0.15, 0.2) is 48.5 Å². The Bertz CT molecular complexity index is 1010. The van der Waals surface area contributed by atoms with Crippen molar-refractivity contribution in [2.45, 2.75) is 13.0 Å². The Balaban J connectivity index is 1.37. The van der Waals surface area contributed by atoms with Crippen molar-refractivity contribution < 1.29 is 14.3 Å². The molecule has 0 saturated carbocycles. The number of amides is 2. The second-order valence-electron chi connectivity index (χ2n) is 6.18. The van der Waals surface area contributed by atoms with Gasteiger partial charge in [-0.3, -0.25) is 9.59 Å². The van der Waals surface area contributed by atoms with Crippen molar-refractivity contribution in [1.82, 2.24) is 15.5 Å². The third kappa shape index (κ3) is 7.07. The Hall–Kier alpha value is -2.52. The largest absolute Gasteiger partial charge is 0.364 e. The summed E-state index contributed by atoms with van der Waals surface area (Å²) in [6, 6.07) is 14.3. The lowest BCUT2D eigenvalue weighted by atomic mass is 10.1. The molecule has 0 saturated heterocycles. The van der Waals surface area contributed by atoms with Crippen LogP contribution in [0.1, 0.15) is 20.4 Å². The van der Waals surface area contributed by atoms with E-state index in [9.17, 15) is 9.59 Å². The highest BCUT2D eigenvalue weighted by Crippen LogP contribution is 2.17. The van der Waals surface area contributed by atoms with Crippen LogP contribution in [0.25, 0.3) is 0 Å². The van der Waals surface area contributed by atoms with Gasteiger partial charge < -0.3 is 15.4 Å². The van der Waals surface area contributed by atoms with Gasteiger partial charge in [0.2, 0.25) is 10.9 Å². The molecule has 0 bridgehead atoms. The lowest BCUT2D eigenvalue weighted by Crippen LogP contribution is -2.29. The van der Waals surface area contributed by atoms with Crippen LogP contribution in [0.3, 0.4) is 0 Å². The molecule has 3 aromatic rings. The highest BCUT2D eigenvalue weighted by Gasteiger charge is 2.14. The molecule has 0 unspecified atom stereocenters. The first-order valence-electron chi connectivity index (χ1n) is 8.98. The average Bonchev–Trinajstić information content (AvgIpc) is 3.19. The van der Waals surface area contributed by atoms with Crippen LogP contribution >= 0.6 is 34.5 Å². The maximum Gasteiger partial charge on any atom is 0.286 e. The number of anilines is 1. The number of nitrogens with zero attached hydrogens (tertiary/aromatic N) is 2. The zero-order valence-electron chi connectivity index (χ0n) is 15.7. The van der Waals surface area contributed by atoms with Crippen molar-refractivity contribution in [1.29, 1.82) is 0 Å². The fraction of sp³-hybridized carbons (Fsp3) is 0.200. The number of nitrogens with one attached hydrogen (secondary N) is 2. The molecule has 156 valence electrons. The minimum atomic E-state index is -0.388. The summed E-state index contributed by atoms with van der Waals surface area (Å²) in [5.74, 6) is -0.617. The van der Waals surface area contributed by atoms with E-state index in [4.69, 9.17) is 27.9 Å². The van der Waals surface area contributed by atoms with Crippen LogP contribution in [0.2, 0.25) is 10.0 Å². The number of ether oxygens (including phenoxy) is 1. The summed E-state index contributed by atoms with van der Waals surface area (Å²) in [5.41, 5.74) is 1.65. The quantitative estimate of drug-likeness (QED) is 0.499. The van der Waals surface area contributed by atoms with Crippen molar-refractivity contribution in [2.75, 3.05) is 18.5 Å². The fourth-order valence-corrected chi connectivity index (χ4v) is 3.42. The summed E-state index contributed by atoms with van der Waals surface area (Å²) in [7, 11) is 0. The van der Waals surface area contributed by atoms with Crippen molar-refractivity contribution >= 4 is 52.0 Å². The molecule has 0 radical (unpaired) electrons. The molecule has 0 fully saturated rings. The lowest BCUT2D eigenvalue weighted by Gasteiger charge is -2.05. The van der Waals surface area contributed by atoms with Gasteiger partial charge in [0.15, 0.2) is 0 Å². The number of hydrogen-bond acceptors (Lipinski definition) is 6. The second-order valence-corrected chi connectivity index (χ2v) is 8.12. The van der Waals surface area contributed by atoms with E-state index >= 15 is 0 Å². The van der Waals surface area contributed by atoms with Crippen LogP contribution in [0.5, 0.6) is 0 Å². The van der Waals surface area contributed by atoms with E-state index in [1.54, 1.807) is 24.3 Å². The second kappa shape index (κ2) is 11.0. The molecule has 1 aromatic heterocycles. The summed E-state index contributed by atoms with van der Waals surface area (Å²) in [5, 5.41) is 15.1.